The van der Waals surface area contributed by atoms with Gasteiger partial charge in [-0.1, -0.05) is 53.7 Å². The number of carbonyl (C=O) groups is 7. The number of aliphatic hydroxyl groups is 1. The van der Waals surface area contributed by atoms with E-state index in [2.05, 4.69) is 16.0 Å². The molecule has 17 nitrogen and oxygen atoms in total. The molecule has 0 saturated carbocycles. The topological polar surface area (TPSA) is 219 Å². The van der Waals surface area contributed by atoms with E-state index in [-0.39, 0.29) is 31.7 Å². The van der Waals surface area contributed by atoms with Gasteiger partial charge in [-0.25, -0.2) is 9.59 Å². The number of amides is 5. The summed E-state index contributed by atoms with van der Waals surface area (Å²) in [5, 5.41) is 19.3. The number of fused-ring (bicyclic) bond motifs is 1. The molecular formula is C43H67N5O12. The summed E-state index contributed by atoms with van der Waals surface area (Å²) in [6.07, 6.45) is -4.93. The lowest BCUT2D eigenvalue weighted by Gasteiger charge is -2.35. The summed E-state index contributed by atoms with van der Waals surface area (Å²) in [6.45, 7) is 17.0. The number of methoxy groups -OCH3 is 1. The Labute approximate surface area is 353 Å². The summed E-state index contributed by atoms with van der Waals surface area (Å²) in [4.78, 5) is 100. The van der Waals surface area contributed by atoms with E-state index in [1.807, 2.05) is 13.8 Å². The van der Waals surface area contributed by atoms with Crippen LogP contribution in [0.4, 0.5) is 4.79 Å². The third kappa shape index (κ3) is 13.8. The summed E-state index contributed by atoms with van der Waals surface area (Å²) >= 11 is 0. The molecule has 1 aromatic carbocycles. The number of nitrogens with one attached hydrogen (secondary N) is 3. The molecule has 8 atom stereocenters. The Kier molecular flexibility index (Phi) is 17.8. The van der Waals surface area contributed by atoms with Crippen LogP contribution in [0.2, 0.25) is 0 Å². The molecule has 60 heavy (non-hydrogen) atoms. The second-order valence-electron chi connectivity index (χ2n) is 17.9. The van der Waals surface area contributed by atoms with Crippen LogP contribution in [0.25, 0.3) is 0 Å². The SMILES string of the molecule is COc1ccc(C[C@H]2C(=O)O[C@H](C)[C@H](NC(=O)OC(C)(C)C)C(=O)N[C@H](C(C)C)[C@@H](O)CC(=O)O[C@@H](C(C)C)C(=O)N[C@@H](CC(C)C)C(=O)N3CCC[C@H]3C(=O)N2C)cc1. The summed E-state index contributed by atoms with van der Waals surface area (Å²) in [5.74, 6) is -5.00. The smallest absolute Gasteiger partial charge is 0.408 e. The minimum Gasteiger partial charge on any atom is -0.497 e. The van der Waals surface area contributed by atoms with Crippen molar-refractivity contribution in [1.29, 1.82) is 0 Å². The number of nitrogens with zero attached hydrogens (tertiary/aromatic N) is 2. The Morgan fingerprint density at radius 1 is 0.933 bits per heavy atom. The lowest BCUT2D eigenvalue weighted by Crippen LogP contribution is -2.59. The van der Waals surface area contributed by atoms with E-state index in [0.29, 0.717) is 17.7 Å². The van der Waals surface area contributed by atoms with Gasteiger partial charge < -0.3 is 49.8 Å². The fourth-order valence-corrected chi connectivity index (χ4v) is 7.29. The molecule has 0 aromatic heterocycles. The average molecular weight is 846 g/mol. The Bertz CT molecular complexity index is 1680. The number of alkyl carbamates (subject to hydrolysis) is 1. The van der Waals surface area contributed by atoms with E-state index >= 15 is 0 Å². The van der Waals surface area contributed by atoms with Crippen molar-refractivity contribution in [1.82, 2.24) is 25.8 Å². The quantitative estimate of drug-likeness (QED) is 0.219. The minimum atomic E-state index is -1.59. The van der Waals surface area contributed by atoms with E-state index in [4.69, 9.17) is 18.9 Å². The van der Waals surface area contributed by atoms with Crippen molar-refractivity contribution in [3.8, 4) is 5.75 Å². The highest BCUT2D eigenvalue weighted by Crippen LogP contribution is 2.25. The highest BCUT2D eigenvalue weighted by atomic mass is 16.6. The summed E-state index contributed by atoms with van der Waals surface area (Å²) in [6, 6.07) is 0.832. The van der Waals surface area contributed by atoms with Crippen LogP contribution >= 0.6 is 0 Å². The summed E-state index contributed by atoms with van der Waals surface area (Å²) in [7, 11) is 2.95. The number of carbonyl (C=O) groups excluding carboxylic acids is 7. The maximum atomic E-state index is 14.5. The van der Waals surface area contributed by atoms with Gasteiger partial charge in [0.1, 0.15) is 41.6 Å². The monoisotopic (exact) mass is 845 g/mol. The number of ether oxygens (including phenoxy) is 4. The number of hydrogen-bond acceptors (Lipinski definition) is 12. The molecule has 336 valence electrons. The molecule has 0 unspecified atom stereocenters. The molecule has 0 bridgehead atoms. The van der Waals surface area contributed by atoms with Crippen LogP contribution in [-0.4, -0.2) is 131 Å². The number of aliphatic hydroxyl groups excluding tert-OH is 1. The van der Waals surface area contributed by atoms with Crippen LogP contribution in [0.5, 0.6) is 5.75 Å². The van der Waals surface area contributed by atoms with Crippen LogP contribution in [-0.2, 0) is 49.4 Å². The fraction of sp³-hybridized carbons (Fsp3) is 0.698. The molecule has 2 heterocycles. The number of esters is 2. The average Bonchev–Trinajstić information content (AvgIpc) is 3.64. The van der Waals surface area contributed by atoms with Gasteiger partial charge >= 0.3 is 18.0 Å². The molecule has 2 saturated heterocycles. The molecule has 0 radical (unpaired) electrons. The van der Waals surface area contributed by atoms with Crippen molar-refractivity contribution in [3.05, 3.63) is 29.8 Å². The van der Waals surface area contributed by atoms with Gasteiger partial charge in [-0.3, -0.25) is 24.0 Å². The van der Waals surface area contributed by atoms with Gasteiger partial charge in [-0.2, -0.15) is 0 Å². The van der Waals surface area contributed by atoms with Gasteiger partial charge in [0.25, 0.3) is 5.91 Å². The highest BCUT2D eigenvalue weighted by Gasteiger charge is 2.44. The van der Waals surface area contributed by atoms with Crippen LogP contribution in [0, 0.1) is 17.8 Å². The summed E-state index contributed by atoms with van der Waals surface area (Å²) in [5.41, 5.74) is -0.327. The van der Waals surface area contributed by atoms with Crippen molar-refractivity contribution in [2.24, 2.45) is 17.8 Å². The van der Waals surface area contributed by atoms with Crippen molar-refractivity contribution in [2.45, 2.75) is 155 Å². The van der Waals surface area contributed by atoms with Gasteiger partial charge in [0.2, 0.25) is 17.7 Å². The molecule has 2 aliphatic heterocycles. The van der Waals surface area contributed by atoms with Gasteiger partial charge in [-0.15, -0.1) is 0 Å². The number of benzene rings is 1. The third-order valence-corrected chi connectivity index (χ3v) is 10.5. The predicted octanol–water partition coefficient (Wildman–Crippen LogP) is 2.88. The van der Waals surface area contributed by atoms with Gasteiger partial charge in [0, 0.05) is 20.0 Å². The molecule has 5 amide bonds. The van der Waals surface area contributed by atoms with E-state index < -0.39 is 114 Å². The van der Waals surface area contributed by atoms with E-state index in [9.17, 15) is 38.7 Å². The summed E-state index contributed by atoms with van der Waals surface area (Å²) < 4.78 is 22.3. The Balaban J connectivity index is 2.18. The number of hydrogen-bond donors (Lipinski definition) is 4. The zero-order chi connectivity index (χ0) is 45.2. The van der Waals surface area contributed by atoms with Crippen LogP contribution in [0.3, 0.4) is 0 Å². The van der Waals surface area contributed by atoms with Crippen LogP contribution < -0.4 is 20.7 Å². The maximum absolute atomic E-state index is 14.5. The van der Waals surface area contributed by atoms with Crippen LogP contribution in [0.15, 0.2) is 24.3 Å². The normalized spacial score (nSPS) is 27.1. The molecule has 4 N–H and O–H groups in total. The van der Waals surface area contributed by atoms with Crippen molar-refractivity contribution < 1.29 is 57.6 Å². The largest absolute Gasteiger partial charge is 0.497 e. The Morgan fingerprint density at radius 3 is 2.12 bits per heavy atom. The first-order chi connectivity index (χ1) is 27.9. The Morgan fingerprint density at radius 2 is 1.57 bits per heavy atom. The molecule has 1 aromatic rings. The molecule has 0 spiro atoms. The van der Waals surface area contributed by atoms with Crippen molar-refractivity contribution in [2.75, 3.05) is 20.7 Å². The molecular weight excluding hydrogens is 778 g/mol. The number of rotatable bonds is 8. The second kappa shape index (κ2) is 21.5. The maximum Gasteiger partial charge on any atom is 0.408 e. The first-order valence-corrected chi connectivity index (χ1v) is 20.8. The Hall–Kier alpha value is -4.93. The predicted molar refractivity (Wildman–Crippen MR) is 220 cm³/mol. The van der Waals surface area contributed by atoms with Crippen molar-refractivity contribution >= 4 is 41.7 Å². The molecule has 17 heteroatoms. The van der Waals surface area contributed by atoms with Crippen LogP contribution in [0.1, 0.15) is 100 Å². The van der Waals surface area contributed by atoms with E-state index in [0.717, 1.165) is 0 Å². The molecule has 3 rings (SSSR count). The number of likely N-dealkylation sites (N-methyl/N-ethyl adjacent to an activating group) is 1. The fourth-order valence-electron chi connectivity index (χ4n) is 7.29. The highest BCUT2D eigenvalue weighted by molar-refractivity contribution is 5.95. The van der Waals surface area contributed by atoms with Gasteiger partial charge in [0.05, 0.1) is 25.7 Å². The van der Waals surface area contributed by atoms with E-state index in [1.54, 1.807) is 72.7 Å². The zero-order valence-corrected chi connectivity index (χ0v) is 37.2. The standard InChI is InChI=1S/C43H67N5O12/c1-23(2)20-29-39(53)48-19-13-14-30(48)40(54)47(11)31(21-27-15-17-28(57-12)18-16-27)41(55)58-26(7)35(46-42(56)60-43(8,9)10)37(51)45-34(24(3)4)32(49)22-33(50)59-36(25(5)6)38(52)44-29/h15-18,23-26,29-32,34-36,49H,13-14,19-22H2,1-12H3,(H,44,52)(H,45,51)(H,46,56)/t26-,29+,30+,31+,32+,34-,35+,36+/m1/s1. The number of cyclic esters (lactones) is 2. The first-order valence-electron chi connectivity index (χ1n) is 20.8. The van der Waals surface area contributed by atoms with Crippen molar-refractivity contribution in [3.63, 3.8) is 0 Å². The minimum absolute atomic E-state index is 0.0346. The lowest BCUT2D eigenvalue weighted by molar-refractivity contribution is -0.162. The zero-order valence-electron chi connectivity index (χ0n) is 37.2. The van der Waals surface area contributed by atoms with E-state index in [1.165, 1.54) is 30.9 Å². The molecule has 0 aliphatic carbocycles. The first kappa shape index (κ1) is 49.4. The van der Waals surface area contributed by atoms with Gasteiger partial charge in [0.15, 0.2) is 6.10 Å². The second-order valence-corrected chi connectivity index (χ2v) is 17.9. The molecule has 2 fully saturated rings. The lowest BCUT2D eigenvalue weighted by atomic mass is 9.95. The van der Waals surface area contributed by atoms with Gasteiger partial charge in [-0.05, 0) is 82.4 Å². The molecule has 2 aliphatic rings. The third-order valence-electron chi connectivity index (χ3n) is 10.5.